The van der Waals surface area contributed by atoms with Crippen molar-refractivity contribution >= 4 is 35.0 Å². The Hall–Kier alpha value is -2.51. The van der Waals surface area contributed by atoms with Gasteiger partial charge in [-0.05, 0) is 36.8 Å². The summed E-state index contributed by atoms with van der Waals surface area (Å²) >= 11 is 7.27. The molecule has 0 radical (unpaired) electrons. The summed E-state index contributed by atoms with van der Waals surface area (Å²) in [5.41, 5.74) is 3.11. The number of benzene rings is 2. The zero-order chi connectivity index (χ0) is 20.8. The monoisotopic (exact) mass is 429 g/mol. The van der Waals surface area contributed by atoms with E-state index in [9.17, 15) is 4.79 Å². The van der Waals surface area contributed by atoms with Crippen LogP contribution in [0.5, 0.6) is 0 Å². The molecule has 0 aliphatic heterocycles. The fraction of sp³-hybridized carbons (Fsp3) is 0.286. The first-order chi connectivity index (χ1) is 14.0. The van der Waals surface area contributed by atoms with Crippen molar-refractivity contribution in [1.82, 2.24) is 20.1 Å². The van der Waals surface area contributed by atoms with Gasteiger partial charge in [-0.25, -0.2) is 0 Å². The van der Waals surface area contributed by atoms with Crippen LogP contribution in [0.1, 0.15) is 12.5 Å². The number of halogens is 1. The lowest BCUT2D eigenvalue weighted by atomic mass is 10.2. The molecule has 152 valence electrons. The van der Waals surface area contributed by atoms with Crippen LogP contribution in [0, 0.1) is 0 Å². The van der Waals surface area contributed by atoms with Gasteiger partial charge in [0.25, 0.3) is 0 Å². The van der Waals surface area contributed by atoms with E-state index >= 15 is 0 Å². The Morgan fingerprint density at radius 2 is 1.93 bits per heavy atom. The highest BCUT2D eigenvalue weighted by molar-refractivity contribution is 7.99. The molecule has 1 amide bonds. The minimum Gasteiger partial charge on any atom is -0.378 e. The maximum Gasteiger partial charge on any atom is 0.230 e. The first-order valence-electron chi connectivity index (χ1n) is 9.33. The summed E-state index contributed by atoms with van der Waals surface area (Å²) in [6, 6.07) is 15.6. The van der Waals surface area contributed by atoms with Crippen molar-refractivity contribution in [3.05, 3.63) is 59.1 Å². The molecule has 0 atom stereocenters. The van der Waals surface area contributed by atoms with E-state index in [1.807, 2.05) is 62.0 Å². The van der Waals surface area contributed by atoms with Gasteiger partial charge in [0.2, 0.25) is 5.91 Å². The molecule has 0 saturated carbocycles. The number of carbonyl (C=O) groups excluding carboxylic acids is 1. The molecule has 0 saturated heterocycles. The Morgan fingerprint density at radius 3 is 2.62 bits per heavy atom. The van der Waals surface area contributed by atoms with E-state index in [1.165, 1.54) is 11.8 Å². The predicted molar refractivity (Wildman–Crippen MR) is 119 cm³/mol. The van der Waals surface area contributed by atoms with Crippen LogP contribution in [-0.4, -0.2) is 40.5 Å². The van der Waals surface area contributed by atoms with Crippen LogP contribution in [0.15, 0.2) is 53.7 Å². The molecular weight excluding hydrogens is 406 g/mol. The molecule has 8 heteroatoms. The zero-order valence-corrected chi connectivity index (χ0v) is 18.3. The number of aromatic nitrogens is 3. The van der Waals surface area contributed by atoms with E-state index in [0.717, 1.165) is 34.3 Å². The van der Waals surface area contributed by atoms with Crippen LogP contribution < -0.4 is 10.2 Å². The van der Waals surface area contributed by atoms with Gasteiger partial charge in [-0.1, -0.05) is 47.6 Å². The molecule has 1 aromatic heterocycles. The van der Waals surface area contributed by atoms with Gasteiger partial charge < -0.3 is 14.8 Å². The van der Waals surface area contributed by atoms with E-state index in [-0.39, 0.29) is 11.7 Å². The average Bonchev–Trinajstić information content (AvgIpc) is 3.15. The van der Waals surface area contributed by atoms with Gasteiger partial charge in [0.1, 0.15) is 0 Å². The largest absolute Gasteiger partial charge is 0.378 e. The van der Waals surface area contributed by atoms with Crippen LogP contribution in [0.25, 0.3) is 11.4 Å². The molecule has 0 aliphatic rings. The van der Waals surface area contributed by atoms with Crippen molar-refractivity contribution in [2.75, 3.05) is 24.7 Å². The first kappa shape index (κ1) is 21.2. The number of amides is 1. The Kier molecular flexibility index (Phi) is 7.17. The summed E-state index contributed by atoms with van der Waals surface area (Å²) in [6.07, 6.45) is 0. The van der Waals surface area contributed by atoms with Crippen molar-refractivity contribution < 1.29 is 4.79 Å². The second-order valence-corrected chi connectivity index (χ2v) is 8.07. The summed E-state index contributed by atoms with van der Waals surface area (Å²) in [6.45, 7) is 3.25. The number of thioether (sulfide) groups is 1. The van der Waals surface area contributed by atoms with Gasteiger partial charge >= 0.3 is 0 Å². The van der Waals surface area contributed by atoms with Crippen LogP contribution in [-0.2, 0) is 17.9 Å². The lowest BCUT2D eigenvalue weighted by molar-refractivity contribution is -0.118. The minimum atomic E-state index is -0.0493. The highest BCUT2D eigenvalue weighted by Gasteiger charge is 2.15. The number of nitrogens with zero attached hydrogens (tertiary/aromatic N) is 4. The van der Waals surface area contributed by atoms with Crippen molar-refractivity contribution in [3.8, 4) is 11.4 Å². The molecule has 0 bridgehead atoms. The van der Waals surface area contributed by atoms with Gasteiger partial charge in [0.05, 0.1) is 5.75 Å². The molecule has 1 heterocycles. The molecule has 2 aromatic carbocycles. The normalized spacial score (nSPS) is 10.8. The highest BCUT2D eigenvalue weighted by atomic mass is 35.5. The Labute approximate surface area is 180 Å². The fourth-order valence-electron chi connectivity index (χ4n) is 2.80. The molecule has 0 fully saturated rings. The van der Waals surface area contributed by atoms with E-state index in [0.29, 0.717) is 11.6 Å². The predicted octanol–water partition coefficient (Wildman–Crippen LogP) is 4.09. The smallest absolute Gasteiger partial charge is 0.230 e. The molecule has 3 aromatic rings. The third-order valence-corrected chi connectivity index (χ3v) is 5.61. The molecule has 0 unspecified atom stereocenters. The number of carbonyl (C=O) groups is 1. The number of rotatable bonds is 8. The zero-order valence-electron chi connectivity index (χ0n) is 16.7. The van der Waals surface area contributed by atoms with E-state index in [2.05, 4.69) is 32.5 Å². The number of hydrogen-bond acceptors (Lipinski definition) is 5. The lowest BCUT2D eigenvalue weighted by Gasteiger charge is -2.14. The molecule has 6 nitrogen and oxygen atoms in total. The molecular formula is C21H24ClN5OS. The fourth-order valence-corrected chi connectivity index (χ4v) is 3.76. The van der Waals surface area contributed by atoms with Crippen LogP contribution in [0.4, 0.5) is 5.69 Å². The summed E-state index contributed by atoms with van der Waals surface area (Å²) in [5.74, 6) is 1.04. The van der Waals surface area contributed by atoms with Crippen LogP contribution in [0.2, 0.25) is 5.02 Å². The standard InChI is InChI=1S/C21H24ClN5OS/c1-4-27-20(16-6-5-7-18(12-16)26(2)3)24-25-21(27)29-14-19(28)23-13-15-8-10-17(22)11-9-15/h5-12H,4,13-14H2,1-3H3,(H,23,28). The van der Waals surface area contributed by atoms with Crippen LogP contribution in [0.3, 0.4) is 0 Å². The van der Waals surface area contributed by atoms with Crippen molar-refractivity contribution in [2.24, 2.45) is 0 Å². The third kappa shape index (κ3) is 5.52. The topological polar surface area (TPSA) is 63.1 Å². The number of hydrogen-bond donors (Lipinski definition) is 1. The molecule has 3 rings (SSSR count). The van der Waals surface area contributed by atoms with Gasteiger partial charge in [-0.3, -0.25) is 4.79 Å². The number of nitrogens with one attached hydrogen (secondary N) is 1. The van der Waals surface area contributed by atoms with Gasteiger partial charge in [0.15, 0.2) is 11.0 Å². The Balaban J connectivity index is 1.63. The molecule has 29 heavy (non-hydrogen) atoms. The lowest BCUT2D eigenvalue weighted by Crippen LogP contribution is -2.24. The molecule has 0 aliphatic carbocycles. The quantitative estimate of drug-likeness (QED) is 0.546. The Morgan fingerprint density at radius 1 is 1.17 bits per heavy atom. The Bertz CT molecular complexity index is 971. The molecule has 0 spiro atoms. The third-order valence-electron chi connectivity index (χ3n) is 4.39. The van der Waals surface area contributed by atoms with Gasteiger partial charge in [-0.2, -0.15) is 0 Å². The summed E-state index contributed by atoms with van der Waals surface area (Å²) < 4.78 is 2.03. The highest BCUT2D eigenvalue weighted by Crippen LogP contribution is 2.26. The van der Waals surface area contributed by atoms with Crippen molar-refractivity contribution in [2.45, 2.75) is 25.2 Å². The number of anilines is 1. The van der Waals surface area contributed by atoms with Crippen molar-refractivity contribution in [1.29, 1.82) is 0 Å². The first-order valence-corrected chi connectivity index (χ1v) is 10.7. The summed E-state index contributed by atoms with van der Waals surface area (Å²) in [4.78, 5) is 14.3. The van der Waals surface area contributed by atoms with Crippen LogP contribution >= 0.6 is 23.4 Å². The minimum absolute atomic E-state index is 0.0493. The maximum absolute atomic E-state index is 12.2. The van der Waals surface area contributed by atoms with Gasteiger partial charge in [0, 0.05) is 43.5 Å². The van der Waals surface area contributed by atoms with E-state index in [1.54, 1.807) is 0 Å². The van der Waals surface area contributed by atoms with Gasteiger partial charge in [-0.15, -0.1) is 10.2 Å². The molecule has 1 N–H and O–H groups in total. The van der Waals surface area contributed by atoms with Crippen molar-refractivity contribution in [3.63, 3.8) is 0 Å². The summed E-state index contributed by atoms with van der Waals surface area (Å²) in [7, 11) is 4.02. The second kappa shape index (κ2) is 9.80. The second-order valence-electron chi connectivity index (χ2n) is 6.69. The maximum atomic E-state index is 12.2. The van der Waals surface area contributed by atoms with E-state index in [4.69, 9.17) is 11.6 Å². The summed E-state index contributed by atoms with van der Waals surface area (Å²) in [5, 5.41) is 13.0. The SMILES string of the molecule is CCn1c(SCC(=O)NCc2ccc(Cl)cc2)nnc1-c1cccc(N(C)C)c1. The van der Waals surface area contributed by atoms with E-state index < -0.39 is 0 Å². The average molecular weight is 430 g/mol.